The van der Waals surface area contributed by atoms with Crippen molar-refractivity contribution >= 4 is 29.3 Å². The van der Waals surface area contributed by atoms with Crippen molar-refractivity contribution in [1.82, 2.24) is 4.57 Å². The Morgan fingerprint density at radius 3 is 2.75 bits per heavy atom. The van der Waals surface area contributed by atoms with E-state index in [2.05, 4.69) is 16.8 Å². The Bertz CT molecular complexity index is 828. The summed E-state index contributed by atoms with van der Waals surface area (Å²) >= 11 is 5.91. The zero-order valence-corrected chi connectivity index (χ0v) is 14.8. The molecule has 2 rings (SSSR count). The number of carbonyl (C=O) groups is 1. The number of hydrogen-bond donors (Lipinski definition) is 1. The van der Waals surface area contributed by atoms with Crippen molar-refractivity contribution in [1.29, 1.82) is 5.26 Å². The summed E-state index contributed by atoms with van der Waals surface area (Å²) in [5.74, 6) is -0.444. The molecule has 124 valence electrons. The number of nitrogens with zero attached hydrogens (tertiary/aromatic N) is 2. The molecule has 24 heavy (non-hydrogen) atoms. The maximum Gasteiger partial charge on any atom is 0.266 e. The second-order valence-corrected chi connectivity index (χ2v) is 6.05. The van der Waals surface area contributed by atoms with Crippen LogP contribution in [0.25, 0.3) is 6.08 Å². The van der Waals surface area contributed by atoms with Crippen LogP contribution in [0.1, 0.15) is 30.3 Å². The lowest BCUT2D eigenvalue weighted by atomic mass is 10.1. The molecule has 2 aromatic rings. The molecule has 4 nitrogen and oxygen atoms in total. The zero-order chi connectivity index (χ0) is 17.7. The highest BCUT2D eigenvalue weighted by Crippen LogP contribution is 2.20. The lowest BCUT2D eigenvalue weighted by Gasteiger charge is -2.07. The van der Waals surface area contributed by atoms with Crippen LogP contribution >= 0.6 is 11.6 Å². The van der Waals surface area contributed by atoms with Gasteiger partial charge in [0.2, 0.25) is 0 Å². The van der Waals surface area contributed by atoms with E-state index in [0.717, 1.165) is 29.9 Å². The number of carbonyl (C=O) groups excluding carboxylic acids is 1. The van der Waals surface area contributed by atoms with Crippen LogP contribution in [0, 0.1) is 25.2 Å². The largest absolute Gasteiger partial charge is 0.349 e. The Hall–Kier alpha value is -2.51. The molecule has 0 aliphatic rings. The normalized spacial score (nSPS) is 11.2. The van der Waals surface area contributed by atoms with Crippen LogP contribution in [-0.2, 0) is 11.3 Å². The molecule has 0 spiro atoms. The minimum atomic E-state index is -0.444. The molecule has 1 aromatic carbocycles. The second kappa shape index (κ2) is 7.85. The predicted molar refractivity (Wildman–Crippen MR) is 97.9 cm³/mol. The number of aromatic nitrogens is 1. The summed E-state index contributed by atoms with van der Waals surface area (Å²) in [6.07, 6.45) is 2.66. The van der Waals surface area contributed by atoms with E-state index in [0.29, 0.717) is 10.7 Å². The summed E-state index contributed by atoms with van der Waals surface area (Å²) in [7, 11) is 0. The molecule has 1 heterocycles. The van der Waals surface area contributed by atoms with Gasteiger partial charge in [-0.2, -0.15) is 5.26 Å². The highest BCUT2D eigenvalue weighted by atomic mass is 35.5. The Labute approximate surface area is 147 Å². The molecule has 0 fully saturated rings. The predicted octanol–water partition coefficient (Wildman–Crippen LogP) is 4.71. The van der Waals surface area contributed by atoms with E-state index in [1.165, 1.54) is 0 Å². The van der Waals surface area contributed by atoms with Crippen LogP contribution in [0.4, 0.5) is 5.69 Å². The third-order valence-electron chi connectivity index (χ3n) is 3.81. The average Bonchev–Trinajstić information content (AvgIpc) is 2.80. The summed E-state index contributed by atoms with van der Waals surface area (Å²) in [5.41, 5.74) is 3.68. The first-order valence-electron chi connectivity index (χ1n) is 7.81. The highest BCUT2D eigenvalue weighted by molar-refractivity contribution is 6.31. The van der Waals surface area contributed by atoms with Crippen molar-refractivity contribution in [3.63, 3.8) is 0 Å². The van der Waals surface area contributed by atoms with Gasteiger partial charge in [-0.3, -0.25) is 4.79 Å². The van der Waals surface area contributed by atoms with Crippen molar-refractivity contribution < 1.29 is 4.79 Å². The lowest BCUT2D eigenvalue weighted by Crippen LogP contribution is -2.13. The quantitative estimate of drug-likeness (QED) is 0.632. The SMILES string of the molecule is CCCn1c(C)cc(/C=C(\C#N)C(=O)Nc2cccc(Cl)c2)c1C. The number of halogens is 1. The average molecular weight is 342 g/mol. The van der Waals surface area contributed by atoms with E-state index in [4.69, 9.17) is 11.6 Å². The fourth-order valence-corrected chi connectivity index (χ4v) is 2.80. The first kappa shape index (κ1) is 17.8. The molecule has 0 bridgehead atoms. The van der Waals surface area contributed by atoms with Crippen LogP contribution in [0.15, 0.2) is 35.9 Å². The van der Waals surface area contributed by atoms with E-state index >= 15 is 0 Å². The molecule has 0 aliphatic carbocycles. The highest BCUT2D eigenvalue weighted by Gasteiger charge is 2.13. The van der Waals surface area contributed by atoms with Crippen LogP contribution in [-0.4, -0.2) is 10.5 Å². The number of nitriles is 1. The fourth-order valence-electron chi connectivity index (χ4n) is 2.61. The minimum absolute atomic E-state index is 0.0618. The number of nitrogens with one attached hydrogen (secondary N) is 1. The van der Waals surface area contributed by atoms with Gasteiger partial charge in [0.05, 0.1) is 0 Å². The topological polar surface area (TPSA) is 57.8 Å². The lowest BCUT2D eigenvalue weighted by molar-refractivity contribution is -0.112. The molecule has 0 atom stereocenters. The van der Waals surface area contributed by atoms with E-state index < -0.39 is 5.91 Å². The Balaban J connectivity index is 2.28. The molecule has 0 aliphatic heterocycles. The molecule has 0 radical (unpaired) electrons. The van der Waals surface area contributed by atoms with E-state index in [9.17, 15) is 10.1 Å². The Morgan fingerprint density at radius 2 is 2.12 bits per heavy atom. The molecular weight excluding hydrogens is 322 g/mol. The van der Waals surface area contributed by atoms with Gasteiger partial charge >= 0.3 is 0 Å². The van der Waals surface area contributed by atoms with Crippen molar-refractivity contribution in [3.05, 3.63) is 57.9 Å². The van der Waals surface area contributed by atoms with Crippen molar-refractivity contribution in [3.8, 4) is 6.07 Å². The van der Waals surface area contributed by atoms with Gasteiger partial charge in [-0.25, -0.2) is 0 Å². The molecule has 0 unspecified atom stereocenters. The van der Waals surface area contributed by atoms with Crippen LogP contribution < -0.4 is 5.32 Å². The molecule has 1 amide bonds. The van der Waals surface area contributed by atoms with Crippen molar-refractivity contribution in [2.45, 2.75) is 33.7 Å². The maximum absolute atomic E-state index is 12.3. The van der Waals surface area contributed by atoms with Gasteiger partial charge < -0.3 is 9.88 Å². The fraction of sp³-hybridized carbons (Fsp3) is 0.263. The number of aryl methyl sites for hydroxylation is 1. The number of rotatable bonds is 5. The van der Waals surface area contributed by atoms with E-state index in [1.54, 1.807) is 30.3 Å². The van der Waals surface area contributed by atoms with Gasteiger partial charge in [-0.05, 0) is 56.2 Å². The third-order valence-corrected chi connectivity index (χ3v) is 4.04. The molecule has 0 saturated heterocycles. The first-order chi connectivity index (χ1) is 11.5. The molecule has 0 saturated carbocycles. The second-order valence-electron chi connectivity index (χ2n) is 5.61. The van der Waals surface area contributed by atoms with Crippen LogP contribution in [0.3, 0.4) is 0 Å². The molecule has 1 aromatic heterocycles. The molecule has 1 N–H and O–H groups in total. The number of amides is 1. The maximum atomic E-state index is 12.3. The number of anilines is 1. The summed E-state index contributed by atoms with van der Waals surface area (Å²) < 4.78 is 2.19. The van der Waals surface area contributed by atoms with Gasteiger partial charge in [-0.15, -0.1) is 0 Å². The Kier molecular flexibility index (Phi) is 5.83. The van der Waals surface area contributed by atoms with Crippen molar-refractivity contribution in [2.24, 2.45) is 0 Å². The molecule has 5 heteroatoms. The smallest absolute Gasteiger partial charge is 0.266 e. The van der Waals surface area contributed by atoms with Gasteiger partial charge in [0.1, 0.15) is 11.6 Å². The first-order valence-corrected chi connectivity index (χ1v) is 8.19. The van der Waals surface area contributed by atoms with Crippen LogP contribution in [0.2, 0.25) is 5.02 Å². The van der Waals surface area contributed by atoms with Crippen LogP contribution in [0.5, 0.6) is 0 Å². The van der Waals surface area contributed by atoms with Crippen molar-refractivity contribution in [2.75, 3.05) is 5.32 Å². The third kappa shape index (κ3) is 4.06. The standard InChI is InChI=1S/C19H20ClN3O/c1-4-8-23-13(2)9-15(14(23)3)10-16(12-21)19(24)22-18-7-5-6-17(20)11-18/h5-7,9-11H,4,8H2,1-3H3,(H,22,24)/b16-10+. The van der Waals surface area contributed by atoms with E-state index in [-0.39, 0.29) is 5.57 Å². The zero-order valence-electron chi connectivity index (χ0n) is 14.1. The number of hydrogen-bond acceptors (Lipinski definition) is 2. The van der Waals surface area contributed by atoms with Gasteiger partial charge in [0.25, 0.3) is 5.91 Å². The van der Waals surface area contributed by atoms with Gasteiger partial charge in [0, 0.05) is 28.6 Å². The summed E-state index contributed by atoms with van der Waals surface area (Å²) in [6.45, 7) is 7.06. The number of benzene rings is 1. The summed E-state index contributed by atoms with van der Waals surface area (Å²) in [4.78, 5) is 12.3. The Morgan fingerprint density at radius 1 is 1.38 bits per heavy atom. The minimum Gasteiger partial charge on any atom is -0.349 e. The van der Waals surface area contributed by atoms with Gasteiger partial charge in [-0.1, -0.05) is 24.6 Å². The van der Waals surface area contributed by atoms with E-state index in [1.807, 2.05) is 26.0 Å². The monoisotopic (exact) mass is 341 g/mol. The molecular formula is C19H20ClN3O. The summed E-state index contributed by atoms with van der Waals surface area (Å²) in [5, 5.41) is 12.6. The van der Waals surface area contributed by atoms with Gasteiger partial charge in [0.15, 0.2) is 0 Å². The summed E-state index contributed by atoms with van der Waals surface area (Å²) in [6, 6.07) is 10.8.